The smallest absolute Gasteiger partial charge is 0.253 e. The summed E-state index contributed by atoms with van der Waals surface area (Å²) in [5.74, 6) is 0.754. The standard InChI is InChI=1S/C26H26N6O2S/c1-17-15-21-23(29-26(28-16-22(27)33)30-24(21)35-17)31-11-13-32(14-12-31)25(34)20-9-7-19(8-10-20)18-5-3-2-4-6-18/h2-10,15H,11-14,16H2,1H3,(H2,27,33)(H,28,29,30). The highest BCUT2D eigenvalue weighted by molar-refractivity contribution is 7.18. The number of hydrogen-bond donors (Lipinski definition) is 2. The molecule has 0 spiro atoms. The zero-order valence-corrected chi connectivity index (χ0v) is 20.2. The molecule has 5 rings (SSSR count). The number of nitrogens with zero attached hydrogens (tertiary/aromatic N) is 4. The first-order valence-electron chi connectivity index (χ1n) is 11.5. The van der Waals surface area contributed by atoms with Gasteiger partial charge in [-0.1, -0.05) is 42.5 Å². The van der Waals surface area contributed by atoms with Crippen LogP contribution in [0.3, 0.4) is 0 Å². The lowest BCUT2D eigenvalue weighted by Gasteiger charge is -2.35. The average molecular weight is 487 g/mol. The van der Waals surface area contributed by atoms with Gasteiger partial charge in [-0.05, 0) is 36.2 Å². The molecule has 35 heavy (non-hydrogen) atoms. The molecule has 4 aromatic rings. The topological polar surface area (TPSA) is 104 Å². The highest BCUT2D eigenvalue weighted by atomic mass is 32.1. The molecule has 3 heterocycles. The Hall–Kier alpha value is -3.98. The van der Waals surface area contributed by atoms with Crippen molar-refractivity contribution in [2.75, 3.05) is 42.9 Å². The summed E-state index contributed by atoms with van der Waals surface area (Å²) in [7, 11) is 0. The minimum atomic E-state index is -0.471. The van der Waals surface area contributed by atoms with Crippen LogP contribution in [0.5, 0.6) is 0 Å². The first kappa shape index (κ1) is 22.8. The average Bonchev–Trinajstić information content (AvgIpc) is 3.27. The van der Waals surface area contributed by atoms with Crippen molar-refractivity contribution in [3.8, 4) is 11.1 Å². The monoisotopic (exact) mass is 486 g/mol. The SMILES string of the molecule is Cc1cc2c(N3CCN(C(=O)c4ccc(-c5ccccc5)cc4)CC3)nc(NCC(N)=O)nc2s1. The Bertz CT molecular complexity index is 1360. The number of anilines is 2. The van der Waals surface area contributed by atoms with Crippen LogP contribution in [0.4, 0.5) is 11.8 Å². The molecular weight excluding hydrogens is 460 g/mol. The van der Waals surface area contributed by atoms with Crippen molar-refractivity contribution < 1.29 is 9.59 Å². The molecule has 0 bridgehead atoms. The summed E-state index contributed by atoms with van der Waals surface area (Å²) < 4.78 is 0. The summed E-state index contributed by atoms with van der Waals surface area (Å²) in [6.45, 7) is 4.51. The van der Waals surface area contributed by atoms with Crippen molar-refractivity contribution in [1.29, 1.82) is 0 Å². The van der Waals surface area contributed by atoms with Crippen molar-refractivity contribution in [2.24, 2.45) is 5.73 Å². The molecule has 1 aliphatic heterocycles. The fourth-order valence-corrected chi connectivity index (χ4v) is 5.13. The maximum absolute atomic E-state index is 13.1. The van der Waals surface area contributed by atoms with E-state index in [9.17, 15) is 9.59 Å². The van der Waals surface area contributed by atoms with Gasteiger partial charge in [0.15, 0.2) is 0 Å². The molecule has 0 saturated carbocycles. The fraction of sp³-hybridized carbons (Fsp3) is 0.231. The Morgan fingerprint density at radius 3 is 2.34 bits per heavy atom. The van der Waals surface area contributed by atoms with E-state index in [2.05, 4.69) is 38.4 Å². The van der Waals surface area contributed by atoms with Crippen molar-refractivity contribution >= 4 is 45.1 Å². The van der Waals surface area contributed by atoms with Gasteiger partial charge in [-0.3, -0.25) is 9.59 Å². The third-order valence-corrected chi connectivity index (χ3v) is 6.97. The van der Waals surface area contributed by atoms with Crippen LogP contribution < -0.4 is 16.0 Å². The van der Waals surface area contributed by atoms with Crippen LogP contribution in [0, 0.1) is 6.92 Å². The number of thiophene rings is 1. The minimum Gasteiger partial charge on any atom is -0.368 e. The number of nitrogens with one attached hydrogen (secondary N) is 1. The number of fused-ring (bicyclic) bond motifs is 1. The van der Waals surface area contributed by atoms with Gasteiger partial charge in [0, 0.05) is 36.6 Å². The van der Waals surface area contributed by atoms with Crippen molar-refractivity contribution in [3.63, 3.8) is 0 Å². The molecular formula is C26H26N6O2S. The summed E-state index contributed by atoms with van der Waals surface area (Å²) in [5.41, 5.74) is 8.17. The first-order chi connectivity index (χ1) is 17.0. The Morgan fingerprint density at radius 2 is 1.66 bits per heavy atom. The number of nitrogens with two attached hydrogens (primary N) is 1. The molecule has 2 amide bonds. The molecule has 2 aromatic heterocycles. The Morgan fingerprint density at radius 1 is 0.971 bits per heavy atom. The van der Waals surface area contributed by atoms with Gasteiger partial charge in [0.2, 0.25) is 11.9 Å². The summed E-state index contributed by atoms with van der Waals surface area (Å²) >= 11 is 1.58. The number of piperazine rings is 1. The Kier molecular flexibility index (Phi) is 6.33. The van der Waals surface area contributed by atoms with Gasteiger partial charge in [0.05, 0.1) is 11.9 Å². The van der Waals surface area contributed by atoms with Gasteiger partial charge >= 0.3 is 0 Å². The quantitative estimate of drug-likeness (QED) is 0.432. The van der Waals surface area contributed by atoms with Gasteiger partial charge in [-0.25, -0.2) is 4.98 Å². The van der Waals surface area contributed by atoms with E-state index in [0.717, 1.165) is 32.0 Å². The zero-order chi connectivity index (χ0) is 24.4. The Balaban J connectivity index is 1.29. The van der Waals surface area contributed by atoms with Crippen molar-refractivity contribution in [2.45, 2.75) is 6.92 Å². The van der Waals surface area contributed by atoms with Gasteiger partial charge in [-0.15, -0.1) is 11.3 Å². The molecule has 9 heteroatoms. The minimum absolute atomic E-state index is 0.0271. The molecule has 0 aliphatic carbocycles. The predicted octanol–water partition coefficient (Wildman–Crippen LogP) is 3.53. The van der Waals surface area contributed by atoms with Gasteiger partial charge < -0.3 is 20.9 Å². The second-order valence-electron chi connectivity index (χ2n) is 8.49. The summed E-state index contributed by atoms with van der Waals surface area (Å²) in [4.78, 5) is 39.6. The van der Waals surface area contributed by atoms with Gasteiger partial charge in [-0.2, -0.15) is 4.98 Å². The fourth-order valence-electron chi connectivity index (χ4n) is 4.25. The van der Waals surface area contributed by atoms with Gasteiger partial charge in [0.25, 0.3) is 5.91 Å². The molecule has 0 atom stereocenters. The second-order valence-corrected chi connectivity index (χ2v) is 9.72. The molecule has 0 radical (unpaired) electrons. The molecule has 1 fully saturated rings. The number of aryl methyl sites for hydroxylation is 1. The maximum Gasteiger partial charge on any atom is 0.253 e. The van der Waals surface area contributed by atoms with E-state index in [1.807, 2.05) is 54.3 Å². The molecule has 2 aromatic carbocycles. The normalized spacial score (nSPS) is 13.7. The number of benzene rings is 2. The van der Waals surface area contributed by atoms with Gasteiger partial charge in [0.1, 0.15) is 10.6 Å². The van der Waals surface area contributed by atoms with E-state index in [1.165, 1.54) is 0 Å². The lowest BCUT2D eigenvalue weighted by Crippen LogP contribution is -2.49. The highest BCUT2D eigenvalue weighted by Crippen LogP contribution is 2.32. The van der Waals surface area contributed by atoms with Crippen LogP contribution in [-0.4, -0.2) is 59.4 Å². The third kappa shape index (κ3) is 4.95. The van der Waals surface area contributed by atoms with E-state index in [0.29, 0.717) is 37.7 Å². The van der Waals surface area contributed by atoms with Crippen molar-refractivity contribution in [3.05, 3.63) is 71.1 Å². The van der Waals surface area contributed by atoms with E-state index in [4.69, 9.17) is 5.73 Å². The summed E-state index contributed by atoms with van der Waals surface area (Å²) in [6.07, 6.45) is 0. The lowest BCUT2D eigenvalue weighted by atomic mass is 10.0. The third-order valence-electron chi connectivity index (χ3n) is 6.02. The van der Waals surface area contributed by atoms with E-state index in [-0.39, 0.29) is 12.5 Å². The van der Waals surface area contributed by atoms with E-state index >= 15 is 0 Å². The maximum atomic E-state index is 13.1. The van der Waals surface area contributed by atoms with Crippen LogP contribution in [-0.2, 0) is 4.79 Å². The van der Waals surface area contributed by atoms with Crippen molar-refractivity contribution in [1.82, 2.24) is 14.9 Å². The molecule has 1 aliphatic rings. The number of carbonyl (C=O) groups is 2. The van der Waals surface area contributed by atoms with E-state index < -0.39 is 5.91 Å². The van der Waals surface area contributed by atoms with Crippen LogP contribution in [0.25, 0.3) is 21.3 Å². The molecule has 1 saturated heterocycles. The second kappa shape index (κ2) is 9.71. The van der Waals surface area contributed by atoms with Crippen LogP contribution >= 0.6 is 11.3 Å². The zero-order valence-electron chi connectivity index (χ0n) is 19.4. The lowest BCUT2D eigenvalue weighted by molar-refractivity contribution is -0.116. The molecule has 178 valence electrons. The summed E-state index contributed by atoms with van der Waals surface area (Å²) in [6, 6.07) is 20.0. The number of rotatable bonds is 6. The number of amides is 2. The molecule has 3 N–H and O–H groups in total. The number of carbonyl (C=O) groups excluding carboxylic acids is 2. The number of hydrogen-bond acceptors (Lipinski definition) is 7. The predicted molar refractivity (Wildman–Crippen MR) is 140 cm³/mol. The van der Waals surface area contributed by atoms with Crippen LogP contribution in [0.15, 0.2) is 60.7 Å². The van der Waals surface area contributed by atoms with E-state index in [1.54, 1.807) is 11.3 Å². The number of aromatic nitrogens is 2. The Labute approximate surface area is 207 Å². The van der Waals surface area contributed by atoms with Crippen LogP contribution in [0.1, 0.15) is 15.2 Å². The molecule has 0 unspecified atom stereocenters. The summed E-state index contributed by atoms with van der Waals surface area (Å²) in [5, 5.41) is 3.89. The largest absolute Gasteiger partial charge is 0.368 e. The highest BCUT2D eigenvalue weighted by Gasteiger charge is 2.25. The van der Waals surface area contributed by atoms with Crippen LogP contribution in [0.2, 0.25) is 0 Å². The first-order valence-corrected chi connectivity index (χ1v) is 12.3. The number of primary amides is 1. The molecule has 8 nitrogen and oxygen atoms in total.